The van der Waals surface area contributed by atoms with Crippen molar-refractivity contribution < 1.29 is 9.63 Å². The van der Waals surface area contributed by atoms with Gasteiger partial charge in [0, 0.05) is 6.04 Å². The molecule has 0 saturated heterocycles. The lowest BCUT2D eigenvalue weighted by atomic mass is 10.1. The standard InChI is InChI=1S/C18H26N2O2/c1-14-9-7-8-10-16(14)13-19-22-15(2)18(21)20-17-11-5-3-4-6-12-17/h7-10,13,15,17H,3-6,11-12H2,1-2H3,(H,20,21). The smallest absolute Gasteiger partial charge is 0.263 e. The second-order valence-electron chi connectivity index (χ2n) is 6.04. The first-order valence-electron chi connectivity index (χ1n) is 8.22. The van der Waals surface area contributed by atoms with E-state index in [4.69, 9.17) is 4.84 Å². The third-order valence-corrected chi connectivity index (χ3v) is 4.17. The van der Waals surface area contributed by atoms with Gasteiger partial charge in [-0.25, -0.2) is 0 Å². The average molecular weight is 302 g/mol. The molecule has 1 N–H and O–H groups in total. The molecule has 1 saturated carbocycles. The van der Waals surface area contributed by atoms with E-state index in [1.807, 2.05) is 31.2 Å². The van der Waals surface area contributed by atoms with E-state index < -0.39 is 6.10 Å². The number of rotatable bonds is 5. The van der Waals surface area contributed by atoms with E-state index in [0.717, 1.165) is 24.0 Å². The Morgan fingerprint density at radius 3 is 2.64 bits per heavy atom. The number of hydrogen-bond acceptors (Lipinski definition) is 3. The number of oxime groups is 1. The van der Waals surface area contributed by atoms with Crippen molar-refractivity contribution in [2.75, 3.05) is 0 Å². The van der Waals surface area contributed by atoms with Gasteiger partial charge in [-0.15, -0.1) is 0 Å². The Morgan fingerprint density at radius 2 is 1.95 bits per heavy atom. The largest absolute Gasteiger partial charge is 0.383 e. The molecule has 1 aliphatic carbocycles. The molecule has 0 bridgehead atoms. The summed E-state index contributed by atoms with van der Waals surface area (Å²) < 4.78 is 0. The van der Waals surface area contributed by atoms with E-state index in [1.165, 1.54) is 25.7 Å². The van der Waals surface area contributed by atoms with Crippen molar-refractivity contribution >= 4 is 12.1 Å². The zero-order valence-corrected chi connectivity index (χ0v) is 13.5. The molecule has 2 rings (SSSR count). The molecule has 1 fully saturated rings. The maximum absolute atomic E-state index is 12.1. The van der Waals surface area contributed by atoms with Gasteiger partial charge in [0.05, 0.1) is 6.21 Å². The maximum Gasteiger partial charge on any atom is 0.263 e. The Bertz CT molecular complexity index is 506. The van der Waals surface area contributed by atoms with Crippen molar-refractivity contribution in [3.05, 3.63) is 35.4 Å². The Labute approximate surface area is 132 Å². The lowest BCUT2D eigenvalue weighted by Crippen LogP contribution is -2.40. The van der Waals surface area contributed by atoms with Crippen molar-refractivity contribution in [3.63, 3.8) is 0 Å². The van der Waals surface area contributed by atoms with E-state index in [1.54, 1.807) is 13.1 Å². The summed E-state index contributed by atoms with van der Waals surface area (Å²) in [4.78, 5) is 17.4. The zero-order valence-electron chi connectivity index (χ0n) is 13.5. The topological polar surface area (TPSA) is 50.7 Å². The summed E-state index contributed by atoms with van der Waals surface area (Å²) in [7, 11) is 0. The number of nitrogens with one attached hydrogen (secondary N) is 1. The summed E-state index contributed by atoms with van der Waals surface area (Å²) in [5.74, 6) is -0.0752. The Balaban J connectivity index is 1.79. The van der Waals surface area contributed by atoms with Crippen molar-refractivity contribution in [1.29, 1.82) is 0 Å². The van der Waals surface area contributed by atoms with Gasteiger partial charge in [0.2, 0.25) is 6.10 Å². The van der Waals surface area contributed by atoms with Gasteiger partial charge >= 0.3 is 0 Å². The molecule has 22 heavy (non-hydrogen) atoms. The van der Waals surface area contributed by atoms with Gasteiger partial charge in [0.15, 0.2) is 0 Å². The summed E-state index contributed by atoms with van der Waals surface area (Å²) in [5, 5.41) is 7.03. The van der Waals surface area contributed by atoms with Crippen LogP contribution in [0.2, 0.25) is 0 Å². The highest BCUT2D eigenvalue weighted by atomic mass is 16.6. The molecule has 120 valence electrons. The number of carbonyl (C=O) groups is 1. The highest BCUT2D eigenvalue weighted by molar-refractivity contribution is 5.82. The molecule has 4 heteroatoms. The summed E-state index contributed by atoms with van der Waals surface area (Å²) in [5.41, 5.74) is 2.13. The van der Waals surface area contributed by atoms with Crippen LogP contribution in [-0.2, 0) is 9.63 Å². The lowest BCUT2D eigenvalue weighted by Gasteiger charge is -2.18. The minimum Gasteiger partial charge on any atom is -0.383 e. The molecular weight excluding hydrogens is 276 g/mol. The molecule has 0 aromatic heterocycles. The zero-order chi connectivity index (χ0) is 15.8. The van der Waals surface area contributed by atoms with Gasteiger partial charge in [-0.3, -0.25) is 4.79 Å². The van der Waals surface area contributed by atoms with E-state index in [9.17, 15) is 4.79 Å². The molecule has 0 spiro atoms. The predicted molar refractivity (Wildman–Crippen MR) is 89.0 cm³/mol. The molecule has 1 amide bonds. The quantitative estimate of drug-likeness (QED) is 0.513. The molecule has 0 radical (unpaired) electrons. The lowest BCUT2D eigenvalue weighted by molar-refractivity contribution is -0.132. The minimum atomic E-state index is -0.566. The highest BCUT2D eigenvalue weighted by Gasteiger charge is 2.19. The fraction of sp³-hybridized carbons (Fsp3) is 0.556. The first-order chi connectivity index (χ1) is 10.7. The molecule has 1 aromatic carbocycles. The molecular formula is C18H26N2O2. The van der Waals surface area contributed by atoms with Gasteiger partial charge in [-0.2, -0.15) is 0 Å². The van der Waals surface area contributed by atoms with Gasteiger partial charge in [0.1, 0.15) is 0 Å². The van der Waals surface area contributed by atoms with Crippen molar-refractivity contribution in [3.8, 4) is 0 Å². The molecule has 1 aliphatic rings. The van der Waals surface area contributed by atoms with Crippen molar-refractivity contribution in [1.82, 2.24) is 5.32 Å². The molecule has 1 atom stereocenters. The number of hydrogen-bond donors (Lipinski definition) is 1. The van der Waals surface area contributed by atoms with Crippen LogP contribution in [0.15, 0.2) is 29.4 Å². The number of nitrogens with zero attached hydrogens (tertiary/aromatic N) is 1. The van der Waals surface area contributed by atoms with E-state index >= 15 is 0 Å². The summed E-state index contributed by atoms with van der Waals surface area (Å²) in [6.45, 7) is 3.75. The third kappa shape index (κ3) is 5.17. The van der Waals surface area contributed by atoms with E-state index in [2.05, 4.69) is 10.5 Å². The first-order valence-corrected chi connectivity index (χ1v) is 8.22. The number of carbonyl (C=O) groups excluding carboxylic acids is 1. The molecule has 1 aromatic rings. The van der Waals surface area contributed by atoms with Crippen molar-refractivity contribution in [2.45, 2.75) is 64.5 Å². The van der Waals surface area contributed by atoms with Crippen LogP contribution in [0.3, 0.4) is 0 Å². The molecule has 0 aliphatic heterocycles. The average Bonchev–Trinajstić information content (AvgIpc) is 2.77. The Hall–Kier alpha value is -1.84. The monoisotopic (exact) mass is 302 g/mol. The Kier molecular flexibility index (Phi) is 6.44. The van der Waals surface area contributed by atoms with Crippen LogP contribution < -0.4 is 5.32 Å². The van der Waals surface area contributed by atoms with E-state index in [-0.39, 0.29) is 5.91 Å². The van der Waals surface area contributed by atoms with Crippen LogP contribution >= 0.6 is 0 Å². The maximum atomic E-state index is 12.1. The van der Waals surface area contributed by atoms with Gasteiger partial charge in [0.25, 0.3) is 5.91 Å². The SMILES string of the molecule is Cc1ccccc1C=NOC(C)C(=O)NC1CCCCCC1. The van der Waals surface area contributed by atoms with Crippen LogP contribution in [0.5, 0.6) is 0 Å². The normalized spacial score (nSPS) is 17.9. The second-order valence-corrected chi connectivity index (χ2v) is 6.04. The minimum absolute atomic E-state index is 0.0752. The van der Waals surface area contributed by atoms with E-state index in [0.29, 0.717) is 6.04 Å². The Morgan fingerprint density at radius 1 is 1.27 bits per heavy atom. The number of amides is 1. The summed E-state index contributed by atoms with van der Waals surface area (Å²) in [6, 6.07) is 8.22. The van der Waals surface area contributed by atoms with Gasteiger partial charge < -0.3 is 10.2 Å². The van der Waals surface area contributed by atoms with Gasteiger partial charge in [-0.05, 0) is 37.8 Å². The van der Waals surface area contributed by atoms with Gasteiger partial charge in [-0.1, -0.05) is 55.1 Å². The van der Waals surface area contributed by atoms with Crippen molar-refractivity contribution in [2.24, 2.45) is 5.16 Å². The fourth-order valence-electron chi connectivity index (χ4n) is 2.70. The van der Waals surface area contributed by atoms with Crippen LogP contribution in [0.4, 0.5) is 0 Å². The second kappa shape index (κ2) is 8.57. The summed E-state index contributed by atoms with van der Waals surface area (Å²) >= 11 is 0. The third-order valence-electron chi connectivity index (χ3n) is 4.17. The first kappa shape index (κ1) is 16.5. The highest BCUT2D eigenvalue weighted by Crippen LogP contribution is 2.17. The molecule has 1 unspecified atom stereocenters. The fourth-order valence-corrected chi connectivity index (χ4v) is 2.70. The van der Waals surface area contributed by atoms with Crippen LogP contribution in [0.1, 0.15) is 56.6 Å². The number of aryl methyl sites for hydroxylation is 1. The molecule has 0 heterocycles. The summed E-state index contributed by atoms with van der Waals surface area (Å²) in [6.07, 6.45) is 8.19. The van der Waals surface area contributed by atoms with Crippen LogP contribution in [0, 0.1) is 6.92 Å². The number of benzene rings is 1. The van der Waals surface area contributed by atoms with Crippen LogP contribution in [0.25, 0.3) is 0 Å². The molecule has 4 nitrogen and oxygen atoms in total. The predicted octanol–water partition coefficient (Wildman–Crippen LogP) is 3.57. The van der Waals surface area contributed by atoms with Crippen LogP contribution in [-0.4, -0.2) is 24.3 Å².